The summed E-state index contributed by atoms with van der Waals surface area (Å²) in [5.41, 5.74) is 6.35. The van der Waals surface area contributed by atoms with Crippen molar-refractivity contribution in [3.63, 3.8) is 0 Å². The first-order valence-corrected chi connectivity index (χ1v) is 8.85. The molecule has 2 amide bonds. The predicted octanol–water partition coefficient (Wildman–Crippen LogP) is 2.34. The molecule has 3 aromatic rings. The van der Waals surface area contributed by atoms with Gasteiger partial charge in [0.2, 0.25) is 17.7 Å². The fourth-order valence-corrected chi connectivity index (χ4v) is 2.33. The lowest BCUT2D eigenvalue weighted by atomic mass is 10.1. The van der Waals surface area contributed by atoms with Gasteiger partial charge in [-0.2, -0.15) is 0 Å². The molecule has 0 aliphatic carbocycles. The Morgan fingerprint density at radius 1 is 1.03 bits per heavy atom. The SMILES string of the molecule is Cc1ccc(-c2nnc(CCC(=O)NNC(=O)COc3ccccc3F)o2)cc1. The minimum absolute atomic E-state index is 0.0317. The molecule has 150 valence electrons. The van der Waals surface area contributed by atoms with Crippen LogP contribution in [0.5, 0.6) is 5.75 Å². The number of nitrogens with zero attached hydrogens (tertiary/aromatic N) is 2. The molecule has 1 aromatic heterocycles. The second-order valence-electron chi connectivity index (χ2n) is 6.18. The number of rotatable bonds is 7. The van der Waals surface area contributed by atoms with E-state index >= 15 is 0 Å². The van der Waals surface area contributed by atoms with E-state index in [1.165, 1.54) is 18.2 Å². The van der Waals surface area contributed by atoms with E-state index in [2.05, 4.69) is 21.0 Å². The first-order chi connectivity index (χ1) is 14.0. The van der Waals surface area contributed by atoms with E-state index < -0.39 is 24.2 Å². The van der Waals surface area contributed by atoms with Crippen molar-refractivity contribution in [2.24, 2.45) is 0 Å². The van der Waals surface area contributed by atoms with Crippen LogP contribution in [0.4, 0.5) is 4.39 Å². The molecule has 29 heavy (non-hydrogen) atoms. The van der Waals surface area contributed by atoms with Crippen molar-refractivity contribution in [3.05, 3.63) is 65.8 Å². The van der Waals surface area contributed by atoms with Crippen LogP contribution in [0.2, 0.25) is 0 Å². The second kappa shape index (κ2) is 9.45. The lowest BCUT2D eigenvalue weighted by Gasteiger charge is -2.08. The van der Waals surface area contributed by atoms with Gasteiger partial charge in [0.05, 0.1) is 0 Å². The highest BCUT2D eigenvalue weighted by molar-refractivity contribution is 5.82. The molecule has 0 fully saturated rings. The van der Waals surface area contributed by atoms with Crippen LogP contribution in [0.15, 0.2) is 52.9 Å². The summed E-state index contributed by atoms with van der Waals surface area (Å²) >= 11 is 0. The number of ether oxygens (including phenoxy) is 1. The van der Waals surface area contributed by atoms with Gasteiger partial charge in [0.1, 0.15) is 0 Å². The molecule has 0 unspecified atom stereocenters. The van der Waals surface area contributed by atoms with E-state index in [-0.39, 0.29) is 18.6 Å². The summed E-state index contributed by atoms with van der Waals surface area (Å²) < 4.78 is 24.0. The summed E-state index contributed by atoms with van der Waals surface area (Å²) in [6.45, 7) is 1.54. The van der Waals surface area contributed by atoms with Crippen LogP contribution in [-0.4, -0.2) is 28.6 Å². The summed E-state index contributed by atoms with van der Waals surface area (Å²) in [4.78, 5) is 23.5. The van der Waals surface area contributed by atoms with E-state index in [0.717, 1.165) is 11.1 Å². The number of hydrazine groups is 1. The fourth-order valence-electron chi connectivity index (χ4n) is 2.33. The molecule has 0 aliphatic rings. The minimum atomic E-state index is -0.624. The molecule has 1 heterocycles. The predicted molar refractivity (Wildman–Crippen MR) is 101 cm³/mol. The van der Waals surface area contributed by atoms with E-state index in [4.69, 9.17) is 9.15 Å². The van der Waals surface area contributed by atoms with Gasteiger partial charge < -0.3 is 9.15 Å². The maximum atomic E-state index is 13.4. The number of aryl methyl sites for hydroxylation is 2. The van der Waals surface area contributed by atoms with Crippen LogP contribution in [0.25, 0.3) is 11.5 Å². The molecule has 0 radical (unpaired) electrons. The Kier molecular flexibility index (Phi) is 6.51. The van der Waals surface area contributed by atoms with Crippen LogP contribution >= 0.6 is 0 Å². The topological polar surface area (TPSA) is 106 Å². The third kappa shape index (κ3) is 5.86. The van der Waals surface area contributed by atoms with Gasteiger partial charge in [-0.3, -0.25) is 20.4 Å². The van der Waals surface area contributed by atoms with Crippen molar-refractivity contribution in [1.82, 2.24) is 21.0 Å². The first-order valence-electron chi connectivity index (χ1n) is 8.85. The number of para-hydroxylation sites is 1. The van der Waals surface area contributed by atoms with E-state index in [1.807, 2.05) is 31.2 Å². The zero-order valence-electron chi connectivity index (χ0n) is 15.6. The molecular weight excluding hydrogens is 379 g/mol. The maximum absolute atomic E-state index is 13.4. The Hall–Kier alpha value is -3.75. The fraction of sp³-hybridized carbons (Fsp3) is 0.200. The van der Waals surface area contributed by atoms with Gasteiger partial charge in [0.25, 0.3) is 5.91 Å². The summed E-state index contributed by atoms with van der Waals surface area (Å²) in [6.07, 6.45) is 0.246. The molecule has 0 saturated carbocycles. The Labute approximate surface area is 166 Å². The highest BCUT2D eigenvalue weighted by Gasteiger charge is 2.12. The number of amides is 2. The zero-order chi connectivity index (χ0) is 20.6. The number of hydrogen-bond acceptors (Lipinski definition) is 6. The Balaban J connectivity index is 1.39. The molecular formula is C20H19FN4O4. The maximum Gasteiger partial charge on any atom is 0.276 e. The summed E-state index contributed by atoms with van der Waals surface area (Å²) in [7, 11) is 0. The molecule has 3 rings (SSSR count). The number of hydrogen-bond donors (Lipinski definition) is 2. The van der Waals surface area contributed by atoms with Gasteiger partial charge in [-0.05, 0) is 31.2 Å². The van der Waals surface area contributed by atoms with Crippen LogP contribution in [0.3, 0.4) is 0 Å². The summed E-state index contributed by atoms with van der Waals surface area (Å²) in [6, 6.07) is 13.3. The zero-order valence-corrected chi connectivity index (χ0v) is 15.6. The van der Waals surface area contributed by atoms with Crippen molar-refractivity contribution in [1.29, 1.82) is 0 Å². The van der Waals surface area contributed by atoms with Gasteiger partial charge in [-0.15, -0.1) is 10.2 Å². The molecule has 0 bridgehead atoms. The second-order valence-corrected chi connectivity index (χ2v) is 6.18. The lowest BCUT2D eigenvalue weighted by Crippen LogP contribution is -2.43. The van der Waals surface area contributed by atoms with Crippen LogP contribution < -0.4 is 15.6 Å². The van der Waals surface area contributed by atoms with Crippen LogP contribution in [-0.2, 0) is 16.0 Å². The smallest absolute Gasteiger partial charge is 0.276 e. The van der Waals surface area contributed by atoms with Crippen LogP contribution in [0, 0.1) is 12.7 Å². The third-order valence-corrected chi connectivity index (χ3v) is 3.87. The highest BCUT2D eigenvalue weighted by atomic mass is 19.1. The average molecular weight is 398 g/mol. The molecule has 0 aliphatic heterocycles. The summed E-state index contributed by atoms with van der Waals surface area (Å²) in [5, 5.41) is 7.88. The lowest BCUT2D eigenvalue weighted by molar-refractivity contribution is -0.130. The highest BCUT2D eigenvalue weighted by Crippen LogP contribution is 2.18. The standard InChI is InChI=1S/C20H19FN4O4/c1-13-6-8-14(9-7-13)20-25-24-19(29-20)11-10-17(26)22-23-18(27)12-28-16-5-3-2-4-15(16)21/h2-9H,10-12H2,1H3,(H,22,26)(H,23,27). The van der Waals surface area contributed by atoms with Gasteiger partial charge in [-0.25, -0.2) is 4.39 Å². The molecule has 0 spiro atoms. The minimum Gasteiger partial charge on any atom is -0.481 e. The van der Waals surface area contributed by atoms with Gasteiger partial charge >= 0.3 is 0 Å². The molecule has 2 N–H and O–H groups in total. The quantitative estimate of drug-likeness (QED) is 0.592. The number of carbonyl (C=O) groups excluding carboxylic acids is 2. The number of nitrogens with one attached hydrogen (secondary N) is 2. The monoisotopic (exact) mass is 398 g/mol. The van der Waals surface area contributed by atoms with Crippen molar-refractivity contribution < 1.29 is 23.1 Å². The number of aromatic nitrogens is 2. The van der Waals surface area contributed by atoms with Crippen molar-refractivity contribution in [2.45, 2.75) is 19.8 Å². The molecule has 2 aromatic carbocycles. The van der Waals surface area contributed by atoms with Gasteiger partial charge in [-0.1, -0.05) is 29.8 Å². The molecule has 9 heteroatoms. The average Bonchev–Trinajstić information content (AvgIpc) is 3.19. The number of halogens is 1. The van der Waals surface area contributed by atoms with Gasteiger partial charge in [0.15, 0.2) is 18.2 Å². The van der Waals surface area contributed by atoms with E-state index in [0.29, 0.717) is 11.8 Å². The van der Waals surface area contributed by atoms with E-state index in [1.54, 1.807) is 6.07 Å². The molecule has 8 nitrogen and oxygen atoms in total. The van der Waals surface area contributed by atoms with Crippen molar-refractivity contribution in [3.8, 4) is 17.2 Å². The van der Waals surface area contributed by atoms with Crippen molar-refractivity contribution >= 4 is 11.8 Å². The summed E-state index contributed by atoms with van der Waals surface area (Å²) in [5.74, 6) is -1.01. The molecule has 0 saturated heterocycles. The van der Waals surface area contributed by atoms with Crippen molar-refractivity contribution in [2.75, 3.05) is 6.61 Å². The van der Waals surface area contributed by atoms with Crippen LogP contribution in [0.1, 0.15) is 17.9 Å². The normalized spacial score (nSPS) is 10.4. The van der Waals surface area contributed by atoms with E-state index in [9.17, 15) is 14.0 Å². The number of carbonyl (C=O) groups is 2. The Bertz CT molecular complexity index is 988. The first kappa shape index (κ1) is 20.0. The number of benzene rings is 2. The largest absolute Gasteiger partial charge is 0.481 e. The third-order valence-electron chi connectivity index (χ3n) is 3.87. The van der Waals surface area contributed by atoms with Gasteiger partial charge in [0, 0.05) is 18.4 Å². The molecule has 0 atom stereocenters. The Morgan fingerprint density at radius 3 is 2.52 bits per heavy atom. The Morgan fingerprint density at radius 2 is 1.76 bits per heavy atom.